The molecule has 2 aliphatic rings. The average molecular weight is 241 g/mol. The lowest BCUT2D eigenvalue weighted by Crippen LogP contribution is -2.51. The molecule has 2 unspecified atom stereocenters. The largest absolute Gasteiger partial charge is 0.481 e. The Morgan fingerprint density at radius 3 is 2.76 bits per heavy atom. The molecule has 96 valence electrons. The molecule has 1 N–H and O–H groups in total. The number of morpholine rings is 1. The number of rotatable bonds is 4. The summed E-state index contributed by atoms with van der Waals surface area (Å²) in [4.78, 5) is 24.7. The van der Waals surface area contributed by atoms with Gasteiger partial charge in [-0.15, -0.1) is 0 Å². The van der Waals surface area contributed by atoms with E-state index >= 15 is 0 Å². The van der Waals surface area contributed by atoms with Crippen molar-refractivity contribution in [1.29, 1.82) is 0 Å². The second-order valence-corrected chi connectivity index (χ2v) is 4.98. The average Bonchev–Trinajstić information content (AvgIpc) is 3.11. The number of aliphatic carboxylic acids is 1. The molecule has 0 spiro atoms. The Morgan fingerprint density at radius 2 is 2.18 bits per heavy atom. The van der Waals surface area contributed by atoms with Crippen LogP contribution in [0, 0.1) is 11.8 Å². The first-order chi connectivity index (χ1) is 8.09. The zero-order valence-electron chi connectivity index (χ0n) is 10.1. The molecule has 1 saturated carbocycles. The number of carboxylic acids is 1. The van der Waals surface area contributed by atoms with Crippen LogP contribution in [0.25, 0.3) is 0 Å². The van der Waals surface area contributed by atoms with Crippen LogP contribution in [0.2, 0.25) is 0 Å². The molecule has 0 radical (unpaired) electrons. The quantitative estimate of drug-likeness (QED) is 0.788. The Hall–Kier alpha value is -1.10. The van der Waals surface area contributed by atoms with Crippen LogP contribution in [0.1, 0.15) is 26.2 Å². The van der Waals surface area contributed by atoms with Crippen molar-refractivity contribution in [2.45, 2.75) is 32.2 Å². The lowest BCUT2D eigenvalue weighted by molar-refractivity contribution is -0.149. The van der Waals surface area contributed by atoms with Crippen molar-refractivity contribution in [1.82, 2.24) is 4.90 Å². The van der Waals surface area contributed by atoms with Gasteiger partial charge in [-0.05, 0) is 18.8 Å². The lowest BCUT2D eigenvalue weighted by Gasteiger charge is -2.36. The number of ether oxygens (including phenoxy) is 1. The Labute approximate surface area is 101 Å². The molecular weight excluding hydrogens is 222 g/mol. The number of hydrogen-bond acceptors (Lipinski definition) is 3. The van der Waals surface area contributed by atoms with E-state index in [0.717, 1.165) is 12.8 Å². The highest BCUT2D eigenvalue weighted by Gasteiger charge is 2.38. The number of carbonyl (C=O) groups excluding carboxylic acids is 1. The van der Waals surface area contributed by atoms with E-state index < -0.39 is 5.97 Å². The number of carboxylic acid groups (broad SMARTS) is 1. The highest BCUT2D eigenvalue weighted by molar-refractivity contribution is 5.80. The van der Waals surface area contributed by atoms with Crippen molar-refractivity contribution in [3.8, 4) is 0 Å². The molecule has 0 bridgehead atoms. The summed E-state index contributed by atoms with van der Waals surface area (Å²) in [6.07, 6.45) is 2.23. The van der Waals surface area contributed by atoms with Crippen LogP contribution in [0.4, 0.5) is 0 Å². The SMILES string of the molecule is CC(C(=O)N1CCOCC1CC(=O)O)C1CC1. The highest BCUT2D eigenvalue weighted by atomic mass is 16.5. The molecule has 1 aliphatic carbocycles. The molecule has 1 amide bonds. The van der Waals surface area contributed by atoms with Crippen LogP contribution in [0.5, 0.6) is 0 Å². The van der Waals surface area contributed by atoms with E-state index in [1.165, 1.54) is 0 Å². The lowest BCUT2D eigenvalue weighted by atomic mass is 10.0. The van der Waals surface area contributed by atoms with Gasteiger partial charge >= 0.3 is 5.97 Å². The summed E-state index contributed by atoms with van der Waals surface area (Å²) in [6, 6.07) is -0.296. The summed E-state index contributed by atoms with van der Waals surface area (Å²) in [5.74, 6) is -0.236. The summed E-state index contributed by atoms with van der Waals surface area (Å²) < 4.78 is 5.26. The summed E-state index contributed by atoms with van der Waals surface area (Å²) in [7, 11) is 0. The maximum Gasteiger partial charge on any atom is 0.305 e. The molecule has 0 aromatic rings. The van der Waals surface area contributed by atoms with Crippen LogP contribution in [-0.2, 0) is 14.3 Å². The second kappa shape index (κ2) is 5.04. The first kappa shape index (κ1) is 12.4. The van der Waals surface area contributed by atoms with E-state index in [9.17, 15) is 9.59 Å². The van der Waals surface area contributed by atoms with Gasteiger partial charge in [-0.2, -0.15) is 0 Å². The Balaban J connectivity index is 1.99. The summed E-state index contributed by atoms with van der Waals surface area (Å²) in [6.45, 7) is 3.33. The fourth-order valence-corrected chi connectivity index (χ4v) is 2.38. The first-order valence-corrected chi connectivity index (χ1v) is 6.19. The minimum Gasteiger partial charge on any atom is -0.481 e. The molecule has 1 aliphatic heterocycles. The van der Waals surface area contributed by atoms with E-state index in [-0.39, 0.29) is 24.3 Å². The van der Waals surface area contributed by atoms with Gasteiger partial charge in [-0.25, -0.2) is 0 Å². The second-order valence-electron chi connectivity index (χ2n) is 4.98. The zero-order chi connectivity index (χ0) is 12.4. The fraction of sp³-hybridized carbons (Fsp3) is 0.833. The summed E-state index contributed by atoms with van der Waals surface area (Å²) in [5.41, 5.74) is 0. The number of carbonyl (C=O) groups is 2. The molecule has 2 atom stereocenters. The van der Waals surface area contributed by atoms with Gasteiger partial charge in [0.15, 0.2) is 0 Å². The summed E-state index contributed by atoms with van der Waals surface area (Å²) in [5, 5.41) is 8.83. The molecule has 1 saturated heterocycles. The topological polar surface area (TPSA) is 66.8 Å². The van der Waals surface area contributed by atoms with E-state index in [1.54, 1.807) is 4.90 Å². The van der Waals surface area contributed by atoms with Crippen molar-refractivity contribution >= 4 is 11.9 Å². The molecule has 5 heteroatoms. The van der Waals surface area contributed by atoms with Crippen molar-refractivity contribution < 1.29 is 19.4 Å². The van der Waals surface area contributed by atoms with Crippen LogP contribution >= 0.6 is 0 Å². The Morgan fingerprint density at radius 1 is 1.47 bits per heavy atom. The fourth-order valence-electron chi connectivity index (χ4n) is 2.38. The van der Waals surface area contributed by atoms with Crippen LogP contribution in [0.15, 0.2) is 0 Å². The molecule has 17 heavy (non-hydrogen) atoms. The van der Waals surface area contributed by atoms with E-state index in [4.69, 9.17) is 9.84 Å². The van der Waals surface area contributed by atoms with Gasteiger partial charge in [0, 0.05) is 12.5 Å². The van der Waals surface area contributed by atoms with Crippen LogP contribution < -0.4 is 0 Å². The Kier molecular flexibility index (Phi) is 3.66. The predicted molar refractivity (Wildman–Crippen MR) is 60.5 cm³/mol. The molecular formula is C12H19NO4. The van der Waals surface area contributed by atoms with E-state index in [0.29, 0.717) is 25.7 Å². The van der Waals surface area contributed by atoms with E-state index in [1.807, 2.05) is 6.92 Å². The monoisotopic (exact) mass is 241 g/mol. The Bertz CT molecular complexity index is 314. The van der Waals surface area contributed by atoms with Crippen molar-refractivity contribution in [2.24, 2.45) is 11.8 Å². The van der Waals surface area contributed by atoms with Crippen molar-refractivity contribution in [3.63, 3.8) is 0 Å². The zero-order valence-corrected chi connectivity index (χ0v) is 10.1. The maximum absolute atomic E-state index is 12.2. The minimum absolute atomic E-state index is 0.0247. The molecule has 5 nitrogen and oxygen atoms in total. The number of nitrogens with zero attached hydrogens (tertiary/aromatic N) is 1. The smallest absolute Gasteiger partial charge is 0.305 e. The minimum atomic E-state index is -0.877. The maximum atomic E-state index is 12.2. The van der Waals surface area contributed by atoms with Gasteiger partial charge < -0.3 is 14.7 Å². The van der Waals surface area contributed by atoms with Gasteiger partial charge in [0.25, 0.3) is 0 Å². The molecule has 0 aromatic carbocycles. The number of amides is 1. The molecule has 2 rings (SSSR count). The normalized spacial score (nSPS) is 26.6. The van der Waals surface area contributed by atoms with Gasteiger partial charge in [-0.3, -0.25) is 9.59 Å². The number of hydrogen-bond donors (Lipinski definition) is 1. The molecule has 2 fully saturated rings. The van der Waals surface area contributed by atoms with Crippen LogP contribution in [-0.4, -0.2) is 47.7 Å². The van der Waals surface area contributed by atoms with Crippen molar-refractivity contribution in [3.05, 3.63) is 0 Å². The van der Waals surface area contributed by atoms with Crippen LogP contribution in [0.3, 0.4) is 0 Å². The van der Waals surface area contributed by atoms with Gasteiger partial charge in [0.1, 0.15) is 0 Å². The third-order valence-electron chi connectivity index (χ3n) is 3.64. The van der Waals surface area contributed by atoms with Gasteiger partial charge in [0.05, 0.1) is 25.7 Å². The molecule has 1 heterocycles. The highest BCUT2D eigenvalue weighted by Crippen LogP contribution is 2.37. The van der Waals surface area contributed by atoms with Gasteiger partial charge in [-0.1, -0.05) is 6.92 Å². The summed E-state index contributed by atoms with van der Waals surface area (Å²) >= 11 is 0. The standard InChI is InChI=1S/C12H19NO4/c1-8(9-2-3-9)12(16)13-4-5-17-7-10(13)6-11(14)15/h8-10H,2-7H2,1H3,(H,14,15). The first-order valence-electron chi connectivity index (χ1n) is 6.19. The van der Waals surface area contributed by atoms with E-state index in [2.05, 4.69) is 0 Å². The molecule has 0 aromatic heterocycles. The predicted octanol–water partition coefficient (Wildman–Crippen LogP) is 0.735. The van der Waals surface area contributed by atoms with Gasteiger partial charge in [0.2, 0.25) is 5.91 Å². The third-order valence-corrected chi connectivity index (χ3v) is 3.64. The van der Waals surface area contributed by atoms with Crippen molar-refractivity contribution in [2.75, 3.05) is 19.8 Å². The third kappa shape index (κ3) is 2.97.